The average molecular weight is 1390 g/mol. The van der Waals surface area contributed by atoms with Crippen molar-refractivity contribution in [1.29, 1.82) is 10.8 Å². The summed E-state index contributed by atoms with van der Waals surface area (Å²) in [7, 11) is 0. The lowest BCUT2D eigenvalue weighted by Gasteiger charge is -2.38. The van der Waals surface area contributed by atoms with Gasteiger partial charge in [0, 0.05) is 88.0 Å². The van der Waals surface area contributed by atoms with Gasteiger partial charge in [-0.15, -0.1) is 0 Å². The molecule has 0 aromatic heterocycles. The van der Waals surface area contributed by atoms with Gasteiger partial charge in [0.2, 0.25) is 0 Å². The van der Waals surface area contributed by atoms with Crippen LogP contribution in [-0.2, 0) is 52.1 Å². The van der Waals surface area contributed by atoms with Crippen LogP contribution < -0.4 is 57.3 Å². The van der Waals surface area contributed by atoms with E-state index in [0.717, 1.165) is 0 Å². The molecule has 8 atom stereocenters. The smallest absolute Gasteiger partial charge is 0.141 e. The number of hydrogen-bond donors (Lipinski definition) is 24. The molecule has 0 aliphatic rings. The van der Waals surface area contributed by atoms with Crippen LogP contribution in [0.25, 0.3) is 0 Å². The summed E-state index contributed by atoms with van der Waals surface area (Å²) in [4.78, 5) is 0. The predicted molar refractivity (Wildman–Crippen MR) is 343 cm³/mol. The molecule has 0 aliphatic carbocycles. The molecule has 0 spiro atoms. The molecule has 0 bridgehead atoms. The van der Waals surface area contributed by atoms with E-state index in [1.165, 1.54) is 0 Å². The number of aliphatic hydroxyl groups excluding tert-OH is 2. The summed E-state index contributed by atoms with van der Waals surface area (Å²) in [6.45, 7) is -1.72. The third-order valence-corrected chi connectivity index (χ3v) is 12.9. The van der Waals surface area contributed by atoms with E-state index in [1.54, 1.807) is 0 Å². The fraction of sp³-hybridized carbons (Fsp3) is 0.765. The first-order chi connectivity index (χ1) is 46.1. The molecule has 0 saturated carbocycles. The average Bonchev–Trinajstić information content (AvgIpc) is 0.863. The minimum Gasteiger partial charge on any atom is -0.409 e. The van der Waals surface area contributed by atoms with E-state index >= 15 is 0 Å². The Morgan fingerprint density at radius 1 is 0.271 bits per heavy atom. The van der Waals surface area contributed by atoms with Gasteiger partial charge in [-0.25, -0.2) is 0 Å². The second-order valence-corrected chi connectivity index (χ2v) is 20.2. The molecular formula is C51H104N22O23. The monoisotopic (exact) mass is 1390 g/mol. The van der Waals surface area contributed by atoms with Crippen LogP contribution >= 0.6 is 0 Å². The molecular weight excluding hydrogens is 1290 g/mol. The van der Waals surface area contributed by atoms with Crippen molar-refractivity contribution in [2.45, 2.75) is 133 Å². The van der Waals surface area contributed by atoms with Crippen molar-refractivity contribution in [1.82, 2.24) is 0 Å². The Kier molecular flexibility index (Phi) is 55.1. The Balaban J connectivity index is 0. The summed E-state index contributed by atoms with van der Waals surface area (Å²) in [5.74, 6) is -1.46. The van der Waals surface area contributed by atoms with Crippen LogP contribution in [0, 0.1) is 16.7 Å². The second-order valence-electron chi connectivity index (χ2n) is 20.2. The first kappa shape index (κ1) is 89.6. The normalized spacial score (nSPS) is 16.1. The van der Waals surface area contributed by atoms with Crippen LogP contribution in [0.2, 0.25) is 0 Å². The number of aliphatic hydroxyl groups is 2. The highest BCUT2D eigenvalue weighted by Gasteiger charge is 2.40. The van der Waals surface area contributed by atoms with Crippen molar-refractivity contribution in [2.75, 3.05) is 112 Å². The van der Waals surface area contributed by atoms with Crippen molar-refractivity contribution in [3.63, 3.8) is 0 Å². The quantitative estimate of drug-likeness (QED) is 0.00916. The number of oxime groups is 10. The molecule has 0 fully saturated rings. The Hall–Kier alpha value is -8.48. The summed E-state index contributed by atoms with van der Waals surface area (Å²) in [6, 6.07) is 0. The van der Waals surface area contributed by atoms with Crippen molar-refractivity contribution in [3.05, 3.63) is 0 Å². The summed E-state index contributed by atoms with van der Waals surface area (Å²) in [5, 5.41) is 153. The second kappa shape index (κ2) is 59.0. The van der Waals surface area contributed by atoms with Crippen molar-refractivity contribution >= 4 is 69.8 Å². The van der Waals surface area contributed by atoms with E-state index in [-0.39, 0.29) is 246 Å². The summed E-state index contributed by atoms with van der Waals surface area (Å²) >= 11 is 0. The molecule has 0 rings (SSSR count). The molecule has 45 heteroatoms. The van der Waals surface area contributed by atoms with Crippen molar-refractivity contribution in [2.24, 2.45) is 115 Å². The zero-order valence-electron chi connectivity index (χ0n) is 53.6. The van der Waals surface area contributed by atoms with Gasteiger partial charge in [-0.1, -0.05) is 51.6 Å². The third-order valence-electron chi connectivity index (χ3n) is 12.9. The van der Waals surface area contributed by atoms with Gasteiger partial charge in [0.1, 0.15) is 95.0 Å². The van der Waals surface area contributed by atoms with Crippen LogP contribution in [-0.4, -0.2) is 287 Å². The van der Waals surface area contributed by atoms with Gasteiger partial charge in [0.25, 0.3) is 0 Å². The molecule has 0 saturated heterocycles. The Morgan fingerprint density at radius 2 is 0.479 bits per heavy atom. The number of nitrogens with zero attached hydrogens (tertiary/aromatic N) is 10. The molecule has 0 amide bonds. The highest BCUT2D eigenvalue weighted by atomic mass is 16.6. The first-order valence-corrected chi connectivity index (χ1v) is 29.7. The fourth-order valence-corrected chi connectivity index (χ4v) is 7.73. The summed E-state index contributed by atoms with van der Waals surface area (Å²) in [5.41, 5.74) is 56.3. The van der Waals surface area contributed by atoms with E-state index in [0.29, 0.717) is 12.8 Å². The van der Waals surface area contributed by atoms with Gasteiger partial charge in [-0.2, -0.15) is 0 Å². The molecule has 0 heterocycles. The summed E-state index contributed by atoms with van der Waals surface area (Å²) < 4.78 is 66.5. The molecule has 0 aliphatic heterocycles. The molecule has 34 N–H and O–H groups in total. The van der Waals surface area contributed by atoms with Crippen LogP contribution in [0.1, 0.15) is 89.9 Å². The van der Waals surface area contributed by atoms with Gasteiger partial charge < -0.3 is 183 Å². The van der Waals surface area contributed by atoms with Gasteiger partial charge in [-0.3, -0.25) is 0 Å². The fourth-order valence-electron chi connectivity index (χ4n) is 7.73. The Morgan fingerprint density at radius 3 is 0.740 bits per heavy atom. The number of rotatable bonds is 60. The van der Waals surface area contributed by atoms with E-state index in [1.807, 2.05) is 0 Å². The molecule has 45 nitrogen and oxygen atoms in total. The number of hydrogen-bond acceptors (Lipinski definition) is 35. The summed E-state index contributed by atoms with van der Waals surface area (Å²) in [6.07, 6.45) is -5.41. The lowest BCUT2D eigenvalue weighted by Crippen LogP contribution is -2.53. The Bertz CT molecular complexity index is 2220. The van der Waals surface area contributed by atoms with Crippen molar-refractivity contribution < 1.29 is 114 Å². The highest BCUT2D eigenvalue weighted by molar-refractivity contribution is 5.84. The van der Waals surface area contributed by atoms with Crippen molar-refractivity contribution in [3.8, 4) is 0 Å². The zero-order valence-corrected chi connectivity index (χ0v) is 53.6. The van der Waals surface area contributed by atoms with Gasteiger partial charge in [0.05, 0.1) is 118 Å². The number of nitrogens with two attached hydrogens (primary N) is 10. The predicted octanol–water partition coefficient (Wildman–Crippen LogP) is -3.70. The molecule has 0 aromatic carbocycles. The molecule has 0 radical (unpaired) electrons. The lowest BCUT2D eigenvalue weighted by atomic mass is 9.89. The van der Waals surface area contributed by atoms with E-state index < -0.39 is 61.9 Å². The van der Waals surface area contributed by atoms with Crippen LogP contribution in [0.5, 0.6) is 0 Å². The Labute approximate surface area is 553 Å². The minimum atomic E-state index is -1.10. The van der Waals surface area contributed by atoms with E-state index in [2.05, 4.69) is 51.6 Å². The van der Waals surface area contributed by atoms with Crippen LogP contribution in [0.4, 0.5) is 0 Å². The van der Waals surface area contributed by atoms with Gasteiger partial charge >= 0.3 is 0 Å². The third kappa shape index (κ3) is 45.8. The van der Waals surface area contributed by atoms with Gasteiger partial charge in [-0.05, 0) is 19.3 Å². The van der Waals surface area contributed by atoms with Crippen LogP contribution in [0.3, 0.4) is 0 Å². The van der Waals surface area contributed by atoms with E-state index in [4.69, 9.17) is 172 Å². The molecule has 556 valence electrons. The number of amidine groups is 10. The lowest BCUT2D eigenvalue weighted by molar-refractivity contribution is -0.194. The zero-order chi connectivity index (χ0) is 72.3. The van der Waals surface area contributed by atoms with Crippen LogP contribution in [0.15, 0.2) is 51.6 Å². The molecule has 96 heavy (non-hydrogen) atoms. The topological polar surface area (TPSA) is 776 Å². The molecule has 0 aromatic rings. The SMILES string of the molecule is N=C(CO)CCCC(COCC/C(N)=N/O)C(OCCC(N)=NO)C(OCCC(N)=NO)C(COCCC(N)=NO)OCCC(N)=NO.N=C(CO)CCOC(COCC/C(N)=N/O)C(OCCC(N)=NO)C(OCCC(N)=NO)C(COCCC(N)=NO)OCCC(N)=NO. The molecule has 8 unspecified atom stereocenters. The van der Waals surface area contributed by atoms with E-state index in [9.17, 15) is 10.2 Å². The largest absolute Gasteiger partial charge is 0.409 e. The number of nitrogens with one attached hydrogen (secondary N) is 2. The maximum absolute atomic E-state index is 9.35. The maximum atomic E-state index is 9.35. The highest BCUT2D eigenvalue weighted by Crippen LogP contribution is 2.27. The minimum absolute atomic E-state index is 0.000928. The first-order valence-electron chi connectivity index (χ1n) is 29.7. The van der Waals surface area contributed by atoms with Gasteiger partial charge in [0.15, 0.2) is 0 Å². The number of ether oxygens (including phenoxy) is 11. The maximum Gasteiger partial charge on any atom is 0.141 e. The standard InChI is InChI=1S/C26H53N11O11.C25H51N11O12/c27-18(14-38)3-1-2-17(15-44-9-4-20(28)33-39)25(47-12-7-23(31)36-42)26(48-13-8-24(32)37-43)19(46-11-6-22(30)35-41)16-45-10-5-21(29)34-40;26-16(13-37)1-9-45-17(14-43-7-2-19(27)32-38)24(47-11-5-22(30)35-41)25(48-12-6-23(31)36-42)18(46-10-4-21(29)34-40)15-44-8-3-20(28)33-39/h17,19,25-27,38-43H,1-16H2,(H2,28,33)(H2,29,34)(H2,30,35)(H2,31,36)(H2,32,37);17-18,24-26,37-42H,1-15H2,(H2,27,32)(H2,28,33)(H2,29,34)(H2,30,35)(H2,31,36).